The van der Waals surface area contributed by atoms with Crippen molar-refractivity contribution in [3.8, 4) is 0 Å². The molecule has 0 heterocycles. The van der Waals surface area contributed by atoms with Crippen LogP contribution in [-0.4, -0.2) is 30.6 Å². The summed E-state index contributed by atoms with van der Waals surface area (Å²) in [7, 11) is 0. The molecule has 0 aromatic heterocycles. The number of rotatable bonds is 6. The average molecular weight is 226 g/mol. The van der Waals surface area contributed by atoms with Crippen LogP contribution in [0.5, 0.6) is 0 Å². The van der Waals surface area contributed by atoms with Crippen LogP contribution in [0.4, 0.5) is 0 Å². The largest absolute Gasteiger partial charge is 0.330 e. The molecule has 1 aliphatic rings. The van der Waals surface area contributed by atoms with E-state index in [9.17, 15) is 0 Å². The van der Waals surface area contributed by atoms with E-state index in [1.165, 1.54) is 38.8 Å². The molecule has 0 radical (unpaired) electrons. The Morgan fingerprint density at radius 3 is 2.06 bits per heavy atom. The van der Waals surface area contributed by atoms with E-state index in [0.29, 0.717) is 11.5 Å². The van der Waals surface area contributed by atoms with E-state index in [1.54, 1.807) is 0 Å². The maximum absolute atomic E-state index is 6.02. The summed E-state index contributed by atoms with van der Waals surface area (Å²) in [5.41, 5.74) is 6.45. The van der Waals surface area contributed by atoms with E-state index in [-0.39, 0.29) is 0 Å². The second-order valence-corrected chi connectivity index (χ2v) is 6.33. The zero-order valence-corrected chi connectivity index (χ0v) is 11.6. The zero-order chi connectivity index (χ0) is 12.2. The fourth-order valence-electron chi connectivity index (χ4n) is 2.91. The Bertz CT molecular complexity index is 193. The van der Waals surface area contributed by atoms with Crippen LogP contribution in [0.2, 0.25) is 0 Å². The summed E-state index contributed by atoms with van der Waals surface area (Å²) >= 11 is 0. The van der Waals surface area contributed by atoms with E-state index in [4.69, 9.17) is 5.73 Å². The first-order valence-corrected chi connectivity index (χ1v) is 6.93. The molecule has 0 bridgehead atoms. The monoisotopic (exact) mass is 226 g/mol. The third kappa shape index (κ3) is 3.74. The minimum Gasteiger partial charge on any atom is -0.330 e. The first-order chi connectivity index (χ1) is 7.49. The fraction of sp³-hybridized carbons (Fsp3) is 1.00. The molecule has 96 valence electrons. The molecule has 2 nitrogen and oxygen atoms in total. The highest BCUT2D eigenvalue weighted by Crippen LogP contribution is 2.38. The molecule has 16 heavy (non-hydrogen) atoms. The zero-order valence-electron chi connectivity index (χ0n) is 11.6. The fourth-order valence-corrected chi connectivity index (χ4v) is 2.91. The molecule has 0 amide bonds. The lowest BCUT2D eigenvalue weighted by atomic mass is 9.85. The first kappa shape index (κ1) is 14.0. The minimum absolute atomic E-state index is 0.430. The lowest BCUT2D eigenvalue weighted by Gasteiger charge is -2.37. The highest BCUT2D eigenvalue weighted by atomic mass is 15.2. The molecule has 1 rings (SSSR count). The van der Waals surface area contributed by atoms with Crippen LogP contribution in [0.3, 0.4) is 0 Å². The van der Waals surface area contributed by atoms with Crippen molar-refractivity contribution in [3.05, 3.63) is 0 Å². The van der Waals surface area contributed by atoms with E-state index in [1.807, 2.05) is 0 Å². The van der Waals surface area contributed by atoms with Crippen molar-refractivity contribution < 1.29 is 0 Å². The summed E-state index contributed by atoms with van der Waals surface area (Å²) in [5.74, 6) is 0.749. The predicted octanol–water partition coefficient (Wildman–Crippen LogP) is 2.87. The van der Waals surface area contributed by atoms with Crippen LogP contribution in [0, 0.1) is 11.3 Å². The van der Waals surface area contributed by atoms with Crippen molar-refractivity contribution in [3.63, 3.8) is 0 Å². The van der Waals surface area contributed by atoms with E-state index in [0.717, 1.165) is 12.5 Å². The lowest BCUT2D eigenvalue weighted by molar-refractivity contribution is 0.116. The number of nitrogens with zero attached hydrogens (tertiary/aromatic N) is 1. The Morgan fingerprint density at radius 1 is 1.12 bits per heavy atom. The molecule has 0 spiro atoms. The third-order valence-electron chi connectivity index (χ3n) is 3.97. The van der Waals surface area contributed by atoms with Gasteiger partial charge in [0.25, 0.3) is 0 Å². The summed E-state index contributed by atoms with van der Waals surface area (Å²) in [4.78, 5) is 2.63. The SMILES string of the molecule is CC(C)CN(CC1(CN)CCCC1)C(C)C. The van der Waals surface area contributed by atoms with Gasteiger partial charge in [-0.1, -0.05) is 26.7 Å². The van der Waals surface area contributed by atoms with Crippen LogP contribution in [0.15, 0.2) is 0 Å². The molecule has 1 aliphatic carbocycles. The highest BCUT2D eigenvalue weighted by molar-refractivity contribution is 4.89. The van der Waals surface area contributed by atoms with Crippen LogP contribution in [-0.2, 0) is 0 Å². The topological polar surface area (TPSA) is 29.3 Å². The van der Waals surface area contributed by atoms with Crippen molar-refractivity contribution >= 4 is 0 Å². The maximum Gasteiger partial charge on any atom is 0.00529 e. The highest BCUT2D eigenvalue weighted by Gasteiger charge is 2.34. The van der Waals surface area contributed by atoms with Gasteiger partial charge < -0.3 is 10.6 Å². The molecule has 1 fully saturated rings. The molecule has 0 aromatic rings. The van der Waals surface area contributed by atoms with Crippen LogP contribution in [0.1, 0.15) is 53.4 Å². The Hall–Kier alpha value is -0.0800. The number of nitrogens with two attached hydrogens (primary N) is 1. The molecule has 2 N–H and O–H groups in total. The van der Waals surface area contributed by atoms with Crippen molar-refractivity contribution in [1.29, 1.82) is 0 Å². The van der Waals surface area contributed by atoms with E-state index < -0.39 is 0 Å². The van der Waals surface area contributed by atoms with Gasteiger partial charge in [0.1, 0.15) is 0 Å². The first-order valence-electron chi connectivity index (χ1n) is 6.93. The van der Waals surface area contributed by atoms with Gasteiger partial charge in [-0.3, -0.25) is 0 Å². The Kier molecular flexibility index (Phi) is 5.26. The number of hydrogen-bond acceptors (Lipinski definition) is 2. The molecular weight excluding hydrogens is 196 g/mol. The van der Waals surface area contributed by atoms with Gasteiger partial charge in [-0.25, -0.2) is 0 Å². The van der Waals surface area contributed by atoms with Crippen molar-refractivity contribution in [1.82, 2.24) is 4.90 Å². The third-order valence-corrected chi connectivity index (χ3v) is 3.97. The van der Waals surface area contributed by atoms with E-state index >= 15 is 0 Å². The molecule has 0 unspecified atom stereocenters. The van der Waals surface area contributed by atoms with E-state index in [2.05, 4.69) is 32.6 Å². The second kappa shape index (κ2) is 6.02. The summed E-state index contributed by atoms with van der Waals surface area (Å²) in [5, 5.41) is 0. The van der Waals surface area contributed by atoms with Crippen LogP contribution < -0.4 is 5.73 Å². The summed E-state index contributed by atoms with van der Waals surface area (Å²) in [6.07, 6.45) is 5.44. The molecule has 0 aliphatic heterocycles. The summed E-state index contributed by atoms with van der Waals surface area (Å²) in [6.45, 7) is 12.5. The second-order valence-electron chi connectivity index (χ2n) is 6.33. The molecule has 0 aromatic carbocycles. The molecular formula is C14H30N2. The average Bonchev–Trinajstić information content (AvgIpc) is 2.65. The van der Waals surface area contributed by atoms with Crippen molar-refractivity contribution in [2.24, 2.45) is 17.1 Å². The van der Waals surface area contributed by atoms with Gasteiger partial charge in [0.05, 0.1) is 0 Å². The Morgan fingerprint density at radius 2 is 1.69 bits per heavy atom. The standard InChI is InChI=1S/C14H30N2/c1-12(2)9-16(13(3)4)11-14(10-15)7-5-6-8-14/h12-13H,5-11,15H2,1-4H3. The molecule has 0 atom stereocenters. The Labute approximate surface area is 102 Å². The minimum atomic E-state index is 0.430. The Balaban J connectivity index is 2.58. The summed E-state index contributed by atoms with van der Waals surface area (Å²) in [6, 6.07) is 0.645. The molecule has 1 saturated carbocycles. The van der Waals surface area contributed by atoms with Gasteiger partial charge in [-0.05, 0) is 44.6 Å². The van der Waals surface area contributed by atoms with Gasteiger partial charge in [-0.15, -0.1) is 0 Å². The van der Waals surface area contributed by atoms with Gasteiger partial charge >= 0.3 is 0 Å². The van der Waals surface area contributed by atoms with Gasteiger partial charge in [0.2, 0.25) is 0 Å². The predicted molar refractivity (Wildman–Crippen MR) is 71.5 cm³/mol. The maximum atomic E-state index is 6.02. The quantitative estimate of drug-likeness (QED) is 0.754. The van der Waals surface area contributed by atoms with Crippen molar-refractivity contribution in [2.45, 2.75) is 59.4 Å². The number of hydrogen-bond donors (Lipinski definition) is 1. The van der Waals surface area contributed by atoms with Gasteiger partial charge in [0.15, 0.2) is 0 Å². The van der Waals surface area contributed by atoms with Crippen LogP contribution in [0.25, 0.3) is 0 Å². The molecule has 2 heteroatoms. The molecule has 0 saturated heterocycles. The van der Waals surface area contributed by atoms with Gasteiger partial charge in [-0.2, -0.15) is 0 Å². The summed E-state index contributed by atoms with van der Waals surface area (Å²) < 4.78 is 0. The normalized spacial score (nSPS) is 20.2. The lowest BCUT2D eigenvalue weighted by Crippen LogP contribution is -2.45. The van der Waals surface area contributed by atoms with Crippen LogP contribution >= 0.6 is 0 Å². The van der Waals surface area contributed by atoms with Crippen molar-refractivity contribution in [2.75, 3.05) is 19.6 Å². The van der Waals surface area contributed by atoms with Gasteiger partial charge in [0, 0.05) is 19.1 Å². The smallest absolute Gasteiger partial charge is 0.00529 e.